The number of rotatable bonds is 7. The molecule has 1 aromatic rings. The molecule has 0 saturated heterocycles. The van der Waals surface area contributed by atoms with E-state index in [9.17, 15) is 4.79 Å². The Morgan fingerprint density at radius 2 is 1.94 bits per heavy atom. The van der Waals surface area contributed by atoms with Crippen molar-refractivity contribution in [2.45, 2.75) is 33.1 Å². The molecule has 0 aliphatic heterocycles. The average Bonchev–Trinajstić information content (AvgIpc) is 2.42. The van der Waals surface area contributed by atoms with Gasteiger partial charge in [-0.2, -0.15) is 0 Å². The predicted molar refractivity (Wildman–Crippen MR) is 75.4 cm³/mol. The van der Waals surface area contributed by atoms with Crippen molar-refractivity contribution in [1.29, 1.82) is 0 Å². The van der Waals surface area contributed by atoms with Crippen molar-refractivity contribution in [1.82, 2.24) is 5.32 Å². The topological polar surface area (TPSA) is 55.1 Å². The summed E-state index contributed by atoms with van der Waals surface area (Å²) < 4.78 is 0. The SMILES string of the molecule is CCCNC(=O)C(CN)Cc1ccccc1CC. The molecule has 3 N–H and O–H groups in total. The molecule has 3 heteroatoms. The third-order valence-corrected chi connectivity index (χ3v) is 3.17. The molecule has 0 spiro atoms. The van der Waals surface area contributed by atoms with Gasteiger partial charge in [0.15, 0.2) is 0 Å². The molecule has 0 aliphatic carbocycles. The minimum Gasteiger partial charge on any atom is -0.356 e. The van der Waals surface area contributed by atoms with E-state index in [4.69, 9.17) is 5.73 Å². The first-order valence-corrected chi connectivity index (χ1v) is 6.77. The normalized spacial score (nSPS) is 12.2. The van der Waals surface area contributed by atoms with Crippen molar-refractivity contribution in [2.24, 2.45) is 11.7 Å². The average molecular weight is 248 g/mol. The van der Waals surface area contributed by atoms with Gasteiger partial charge >= 0.3 is 0 Å². The summed E-state index contributed by atoms with van der Waals surface area (Å²) in [6, 6.07) is 8.27. The Labute approximate surface area is 110 Å². The Balaban J connectivity index is 2.70. The summed E-state index contributed by atoms with van der Waals surface area (Å²) in [5, 5.41) is 2.92. The first kappa shape index (κ1) is 14.7. The molecular weight excluding hydrogens is 224 g/mol. The van der Waals surface area contributed by atoms with Crippen molar-refractivity contribution in [3.8, 4) is 0 Å². The van der Waals surface area contributed by atoms with Crippen LogP contribution in [0.4, 0.5) is 0 Å². The van der Waals surface area contributed by atoms with Crippen LogP contribution >= 0.6 is 0 Å². The van der Waals surface area contributed by atoms with Crippen LogP contribution < -0.4 is 11.1 Å². The van der Waals surface area contributed by atoms with Gasteiger partial charge in [-0.1, -0.05) is 38.1 Å². The third kappa shape index (κ3) is 4.15. The largest absolute Gasteiger partial charge is 0.356 e. The lowest BCUT2D eigenvalue weighted by atomic mass is 9.94. The smallest absolute Gasteiger partial charge is 0.224 e. The quantitative estimate of drug-likeness (QED) is 0.774. The first-order valence-electron chi connectivity index (χ1n) is 6.77. The van der Waals surface area contributed by atoms with E-state index in [0.29, 0.717) is 6.54 Å². The van der Waals surface area contributed by atoms with Crippen LogP contribution in [0.2, 0.25) is 0 Å². The molecule has 1 atom stereocenters. The van der Waals surface area contributed by atoms with Gasteiger partial charge in [0.1, 0.15) is 0 Å². The van der Waals surface area contributed by atoms with Crippen molar-refractivity contribution < 1.29 is 4.79 Å². The Bertz CT molecular complexity index is 377. The summed E-state index contributed by atoms with van der Waals surface area (Å²) in [6.07, 6.45) is 2.68. The van der Waals surface area contributed by atoms with E-state index in [1.165, 1.54) is 11.1 Å². The van der Waals surface area contributed by atoms with Crippen LogP contribution in [0, 0.1) is 5.92 Å². The molecule has 3 nitrogen and oxygen atoms in total. The van der Waals surface area contributed by atoms with Crippen LogP contribution in [0.15, 0.2) is 24.3 Å². The summed E-state index contributed by atoms with van der Waals surface area (Å²) in [5.41, 5.74) is 8.27. The number of nitrogens with one attached hydrogen (secondary N) is 1. The van der Waals surface area contributed by atoms with Gasteiger partial charge in [-0.15, -0.1) is 0 Å². The van der Waals surface area contributed by atoms with Crippen molar-refractivity contribution in [3.63, 3.8) is 0 Å². The number of benzene rings is 1. The summed E-state index contributed by atoms with van der Waals surface area (Å²) in [7, 11) is 0. The maximum absolute atomic E-state index is 11.9. The van der Waals surface area contributed by atoms with Crippen molar-refractivity contribution in [3.05, 3.63) is 35.4 Å². The van der Waals surface area contributed by atoms with Crippen LogP contribution in [-0.2, 0) is 17.6 Å². The molecule has 0 radical (unpaired) electrons. The van der Waals surface area contributed by atoms with Crippen LogP contribution in [0.3, 0.4) is 0 Å². The van der Waals surface area contributed by atoms with Gasteiger partial charge in [-0.05, 0) is 30.4 Å². The molecule has 0 fully saturated rings. The van der Waals surface area contributed by atoms with E-state index in [0.717, 1.165) is 25.8 Å². The third-order valence-electron chi connectivity index (χ3n) is 3.17. The lowest BCUT2D eigenvalue weighted by molar-refractivity contribution is -0.124. The zero-order chi connectivity index (χ0) is 13.4. The van der Waals surface area contributed by atoms with E-state index >= 15 is 0 Å². The molecule has 0 heterocycles. The lowest BCUT2D eigenvalue weighted by Crippen LogP contribution is -2.36. The van der Waals surface area contributed by atoms with Crippen LogP contribution in [0.5, 0.6) is 0 Å². The molecule has 0 saturated carbocycles. The molecule has 1 amide bonds. The zero-order valence-corrected chi connectivity index (χ0v) is 11.4. The molecule has 0 aliphatic rings. The first-order chi connectivity index (χ1) is 8.72. The summed E-state index contributed by atoms with van der Waals surface area (Å²) >= 11 is 0. The van der Waals surface area contributed by atoms with Crippen molar-refractivity contribution >= 4 is 5.91 Å². The predicted octanol–water partition coefficient (Wildman–Crippen LogP) is 1.89. The number of nitrogens with two attached hydrogens (primary N) is 1. The molecule has 1 unspecified atom stereocenters. The molecule has 1 aromatic carbocycles. The highest BCUT2D eigenvalue weighted by molar-refractivity contribution is 5.79. The highest BCUT2D eigenvalue weighted by Crippen LogP contribution is 2.14. The Morgan fingerprint density at radius 3 is 2.50 bits per heavy atom. The fraction of sp³-hybridized carbons (Fsp3) is 0.533. The Kier molecular flexibility index (Phi) is 6.44. The highest BCUT2D eigenvalue weighted by Gasteiger charge is 2.17. The highest BCUT2D eigenvalue weighted by atomic mass is 16.1. The van der Waals surface area contributed by atoms with Crippen molar-refractivity contribution in [2.75, 3.05) is 13.1 Å². The summed E-state index contributed by atoms with van der Waals surface area (Å²) in [6.45, 7) is 5.30. The van der Waals surface area contributed by atoms with Crippen LogP contribution in [0.25, 0.3) is 0 Å². The van der Waals surface area contributed by atoms with Crippen LogP contribution in [0.1, 0.15) is 31.4 Å². The molecule has 100 valence electrons. The summed E-state index contributed by atoms with van der Waals surface area (Å²) in [5.74, 6) is -0.0468. The fourth-order valence-electron chi connectivity index (χ4n) is 2.04. The molecule has 0 aromatic heterocycles. The summed E-state index contributed by atoms with van der Waals surface area (Å²) in [4.78, 5) is 11.9. The van der Waals surface area contributed by atoms with Gasteiger partial charge in [-0.3, -0.25) is 4.79 Å². The van der Waals surface area contributed by atoms with Gasteiger partial charge in [0.25, 0.3) is 0 Å². The van der Waals surface area contributed by atoms with Crippen LogP contribution in [-0.4, -0.2) is 19.0 Å². The standard InChI is InChI=1S/C15H24N2O/c1-3-9-17-15(18)14(11-16)10-13-8-6-5-7-12(13)4-2/h5-8,14H,3-4,9-11,16H2,1-2H3,(H,17,18). The molecule has 18 heavy (non-hydrogen) atoms. The molecule has 1 rings (SSSR count). The minimum atomic E-state index is -0.121. The van der Waals surface area contributed by atoms with E-state index < -0.39 is 0 Å². The number of hydrogen-bond donors (Lipinski definition) is 2. The second kappa shape index (κ2) is 7.88. The van der Waals surface area contributed by atoms with E-state index in [1.54, 1.807) is 0 Å². The Morgan fingerprint density at radius 1 is 1.28 bits per heavy atom. The van der Waals surface area contributed by atoms with Gasteiger partial charge in [0, 0.05) is 13.1 Å². The van der Waals surface area contributed by atoms with E-state index in [2.05, 4.69) is 24.4 Å². The Hall–Kier alpha value is -1.35. The maximum Gasteiger partial charge on any atom is 0.224 e. The van der Waals surface area contributed by atoms with Gasteiger partial charge in [0.2, 0.25) is 5.91 Å². The van der Waals surface area contributed by atoms with E-state index in [1.807, 2.05) is 19.1 Å². The van der Waals surface area contributed by atoms with Gasteiger partial charge in [-0.25, -0.2) is 0 Å². The number of carbonyl (C=O) groups is 1. The minimum absolute atomic E-state index is 0.0743. The number of hydrogen-bond acceptors (Lipinski definition) is 2. The van der Waals surface area contributed by atoms with E-state index in [-0.39, 0.29) is 11.8 Å². The number of carbonyl (C=O) groups excluding carboxylic acids is 1. The number of amides is 1. The molecule has 0 bridgehead atoms. The second-order valence-corrected chi connectivity index (χ2v) is 4.55. The lowest BCUT2D eigenvalue weighted by Gasteiger charge is -2.16. The fourth-order valence-corrected chi connectivity index (χ4v) is 2.04. The maximum atomic E-state index is 11.9. The monoisotopic (exact) mass is 248 g/mol. The van der Waals surface area contributed by atoms with Gasteiger partial charge in [0.05, 0.1) is 5.92 Å². The van der Waals surface area contributed by atoms with Gasteiger partial charge < -0.3 is 11.1 Å². The number of aryl methyl sites for hydroxylation is 1. The second-order valence-electron chi connectivity index (χ2n) is 4.55. The zero-order valence-electron chi connectivity index (χ0n) is 11.4. The molecular formula is C15H24N2O.